The van der Waals surface area contributed by atoms with E-state index in [4.69, 9.17) is 0 Å². The van der Waals surface area contributed by atoms with Crippen LogP contribution in [0.5, 0.6) is 0 Å². The van der Waals surface area contributed by atoms with Gasteiger partial charge in [0, 0.05) is 16.7 Å². The number of nitrogens with one attached hydrogen (secondary N) is 1. The van der Waals surface area contributed by atoms with Gasteiger partial charge in [0.1, 0.15) is 5.03 Å². The molecule has 17 heavy (non-hydrogen) atoms. The molecule has 4 heteroatoms. The molecular formula is C13H21BrN2S. The molecule has 2 nitrogen and oxygen atoms in total. The monoisotopic (exact) mass is 316 g/mol. The van der Waals surface area contributed by atoms with E-state index in [1.165, 1.54) is 19.3 Å². The van der Waals surface area contributed by atoms with Crippen molar-refractivity contribution in [1.29, 1.82) is 0 Å². The minimum absolute atomic E-state index is 0.645. The Kier molecular flexibility index (Phi) is 7.90. The summed E-state index contributed by atoms with van der Waals surface area (Å²) in [5.74, 6) is 1.15. The lowest BCUT2D eigenvalue weighted by atomic mass is 10.1. The van der Waals surface area contributed by atoms with E-state index in [0.29, 0.717) is 6.04 Å². The fraction of sp³-hybridized carbons (Fsp3) is 0.615. The minimum Gasteiger partial charge on any atom is -0.315 e. The molecule has 1 aromatic rings. The van der Waals surface area contributed by atoms with Crippen LogP contribution in [-0.4, -0.2) is 23.3 Å². The SMILES string of the molecule is CCNC(C)CCCCSc1ncccc1Br. The zero-order chi connectivity index (χ0) is 12.5. The second kappa shape index (κ2) is 8.95. The molecule has 0 fully saturated rings. The summed E-state index contributed by atoms with van der Waals surface area (Å²) in [6.45, 7) is 5.48. The van der Waals surface area contributed by atoms with E-state index in [1.54, 1.807) is 0 Å². The van der Waals surface area contributed by atoms with Gasteiger partial charge < -0.3 is 5.32 Å². The largest absolute Gasteiger partial charge is 0.315 e. The number of nitrogens with zero attached hydrogens (tertiary/aromatic N) is 1. The van der Waals surface area contributed by atoms with Gasteiger partial charge in [-0.15, -0.1) is 11.8 Å². The molecular weight excluding hydrogens is 296 g/mol. The first-order valence-electron chi connectivity index (χ1n) is 6.20. The molecule has 1 unspecified atom stereocenters. The highest BCUT2D eigenvalue weighted by molar-refractivity contribution is 9.10. The van der Waals surface area contributed by atoms with Gasteiger partial charge >= 0.3 is 0 Å². The number of hydrogen-bond donors (Lipinski definition) is 1. The summed E-state index contributed by atoms with van der Waals surface area (Å²) in [6, 6.07) is 4.64. The molecule has 0 aromatic carbocycles. The number of pyridine rings is 1. The van der Waals surface area contributed by atoms with Gasteiger partial charge in [0.25, 0.3) is 0 Å². The van der Waals surface area contributed by atoms with Crippen molar-refractivity contribution < 1.29 is 0 Å². The molecule has 0 bridgehead atoms. The van der Waals surface area contributed by atoms with Crippen molar-refractivity contribution in [3.8, 4) is 0 Å². The standard InChI is InChI=1S/C13H21BrN2S/c1-3-15-11(2)7-4-5-10-17-13-12(14)8-6-9-16-13/h6,8-9,11,15H,3-5,7,10H2,1-2H3. The highest BCUT2D eigenvalue weighted by atomic mass is 79.9. The average Bonchev–Trinajstić information content (AvgIpc) is 2.31. The topological polar surface area (TPSA) is 24.9 Å². The van der Waals surface area contributed by atoms with Gasteiger partial charge in [-0.1, -0.05) is 13.3 Å². The highest BCUT2D eigenvalue weighted by Crippen LogP contribution is 2.25. The Morgan fingerprint density at radius 3 is 3.00 bits per heavy atom. The van der Waals surface area contributed by atoms with E-state index in [9.17, 15) is 0 Å². The van der Waals surface area contributed by atoms with Crippen LogP contribution in [0.2, 0.25) is 0 Å². The van der Waals surface area contributed by atoms with Crippen LogP contribution in [0.25, 0.3) is 0 Å². The van der Waals surface area contributed by atoms with Gasteiger partial charge in [-0.3, -0.25) is 0 Å². The number of rotatable bonds is 8. The van der Waals surface area contributed by atoms with Gasteiger partial charge in [0.05, 0.1) is 0 Å². The van der Waals surface area contributed by atoms with E-state index in [2.05, 4.69) is 40.1 Å². The normalized spacial score (nSPS) is 12.6. The second-order valence-electron chi connectivity index (χ2n) is 4.09. The molecule has 96 valence electrons. The van der Waals surface area contributed by atoms with Crippen molar-refractivity contribution in [2.45, 2.75) is 44.2 Å². The van der Waals surface area contributed by atoms with Crippen LogP contribution in [0.3, 0.4) is 0 Å². The maximum atomic E-state index is 4.34. The molecule has 1 aromatic heterocycles. The van der Waals surface area contributed by atoms with E-state index in [-0.39, 0.29) is 0 Å². The van der Waals surface area contributed by atoms with E-state index < -0.39 is 0 Å². The first-order chi connectivity index (χ1) is 8.24. The fourth-order valence-corrected chi connectivity index (χ4v) is 3.13. The van der Waals surface area contributed by atoms with Gasteiger partial charge in [0.15, 0.2) is 0 Å². The lowest BCUT2D eigenvalue weighted by Crippen LogP contribution is -2.25. The summed E-state index contributed by atoms with van der Waals surface area (Å²) in [4.78, 5) is 4.34. The van der Waals surface area contributed by atoms with Crippen molar-refractivity contribution in [3.05, 3.63) is 22.8 Å². The van der Waals surface area contributed by atoms with Gasteiger partial charge in [-0.2, -0.15) is 0 Å². The first-order valence-corrected chi connectivity index (χ1v) is 7.98. The molecule has 0 saturated carbocycles. The molecule has 0 aliphatic carbocycles. The first kappa shape index (κ1) is 15.0. The molecule has 1 heterocycles. The van der Waals surface area contributed by atoms with Crippen molar-refractivity contribution in [2.24, 2.45) is 0 Å². The van der Waals surface area contributed by atoms with E-state index in [0.717, 1.165) is 21.8 Å². The summed E-state index contributed by atoms with van der Waals surface area (Å²) in [7, 11) is 0. The van der Waals surface area contributed by atoms with Crippen LogP contribution in [0.4, 0.5) is 0 Å². The molecule has 0 spiro atoms. The Morgan fingerprint density at radius 2 is 2.29 bits per heavy atom. The average molecular weight is 317 g/mol. The minimum atomic E-state index is 0.645. The molecule has 0 aliphatic heterocycles. The smallest absolute Gasteiger partial charge is 0.110 e. The van der Waals surface area contributed by atoms with Crippen molar-refractivity contribution in [3.63, 3.8) is 0 Å². The predicted molar refractivity (Wildman–Crippen MR) is 79.7 cm³/mol. The summed E-state index contributed by atoms with van der Waals surface area (Å²) < 4.78 is 1.10. The van der Waals surface area contributed by atoms with Crippen molar-refractivity contribution in [1.82, 2.24) is 10.3 Å². The molecule has 1 rings (SSSR count). The summed E-state index contributed by atoms with van der Waals surface area (Å²) in [5, 5.41) is 4.54. The Labute approximate surface area is 117 Å². The third-order valence-corrected chi connectivity index (χ3v) is 4.54. The Hall–Kier alpha value is -0.0600. The van der Waals surface area contributed by atoms with Crippen LogP contribution < -0.4 is 5.32 Å². The Balaban J connectivity index is 2.10. The zero-order valence-electron chi connectivity index (χ0n) is 10.6. The third kappa shape index (κ3) is 6.43. The number of halogens is 1. The summed E-state index contributed by atoms with van der Waals surface area (Å²) in [5.41, 5.74) is 0. The highest BCUT2D eigenvalue weighted by Gasteiger charge is 2.02. The van der Waals surface area contributed by atoms with Crippen molar-refractivity contribution in [2.75, 3.05) is 12.3 Å². The quantitative estimate of drug-likeness (QED) is 0.577. The lowest BCUT2D eigenvalue weighted by molar-refractivity contribution is 0.510. The van der Waals surface area contributed by atoms with E-state index >= 15 is 0 Å². The van der Waals surface area contributed by atoms with Crippen LogP contribution >= 0.6 is 27.7 Å². The summed E-state index contributed by atoms with van der Waals surface area (Å²) >= 11 is 5.35. The van der Waals surface area contributed by atoms with Crippen LogP contribution in [-0.2, 0) is 0 Å². The lowest BCUT2D eigenvalue weighted by Gasteiger charge is -2.11. The Bertz CT molecular complexity index is 320. The van der Waals surface area contributed by atoms with Gasteiger partial charge in [-0.25, -0.2) is 4.98 Å². The Morgan fingerprint density at radius 1 is 1.47 bits per heavy atom. The number of aromatic nitrogens is 1. The number of unbranched alkanes of at least 4 members (excludes halogenated alkanes) is 1. The second-order valence-corrected chi connectivity index (χ2v) is 6.03. The molecule has 1 N–H and O–H groups in total. The summed E-state index contributed by atoms with van der Waals surface area (Å²) in [6.07, 6.45) is 5.65. The molecule has 0 amide bonds. The number of thioether (sulfide) groups is 1. The van der Waals surface area contributed by atoms with Gasteiger partial charge in [-0.05, 0) is 60.1 Å². The predicted octanol–water partition coefficient (Wildman–Crippen LogP) is 4.10. The third-order valence-electron chi connectivity index (χ3n) is 2.55. The molecule has 0 aliphatic rings. The number of hydrogen-bond acceptors (Lipinski definition) is 3. The maximum absolute atomic E-state index is 4.34. The zero-order valence-corrected chi connectivity index (χ0v) is 13.0. The van der Waals surface area contributed by atoms with Crippen molar-refractivity contribution >= 4 is 27.7 Å². The molecule has 0 radical (unpaired) electrons. The van der Waals surface area contributed by atoms with E-state index in [1.807, 2.05) is 30.1 Å². The van der Waals surface area contributed by atoms with Crippen LogP contribution in [0.1, 0.15) is 33.1 Å². The van der Waals surface area contributed by atoms with Gasteiger partial charge in [0.2, 0.25) is 0 Å². The van der Waals surface area contributed by atoms with Crippen LogP contribution in [0, 0.1) is 0 Å². The maximum Gasteiger partial charge on any atom is 0.110 e. The molecule has 0 saturated heterocycles. The fourth-order valence-electron chi connectivity index (χ4n) is 1.65. The van der Waals surface area contributed by atoms with Crippen LogP contribution in [0.15, 0.2) is 27.8 Å². The molecule has 1 atom stereocenters.